The third kappa shape index (κ3) is 5.04. The predicted octanol–water partition coefficient (Wildman–Crippen LogP) is 3.24. The number of hydrogen-bond donors (Lipinski definition) is 2. The molecule has 0 aliphatic rings. The molecular formula is C22H30N6O3. The summed E-state index contributed by atoms with van der Waals surface area (Å²) >= 11 is 0. The summed E-state index contributed by atoms with van der Waals surface area (Å²) < 4.78 is 8.35. The Morgan fingerprint density at radius 3 is 2.55 bits per heavy atom. The highest BCUT2D eigenvalue weighted by atomic mass is 16.5. The fourth-order valence-electron chi connectivity index (χ4n) is 3.44. The molecule has 0 radical (unpaired) electrons. The van der Waals surface area contributed by atoms with Gasteiger partial charge in [-0.3, -0.25) is 14.3 Å². The van der Waals surface area contributed by atoms with E-state index in [1.807, 2.05) is 35.8 Å². The lowest BCUT2D eigenvalue weighted by molar-refractivity contribution is 0.415. The number of H-pyrrole nitrogens is 1. The number of aryl methyl sites for hydroxylation is 2. The number of hydrazone groups is 1. The summed E-state index contributed by atoms with van der Waals surface area (Å²) in [6.45, 7) is 4.67. The van der Waals surface area contributed by atoms with Crippen molar-refractivity contribution in [3.63, 3.8) is 0 Å². The summed E-state index contributed by atoms with van der Waals surface area (Å²) in [6.07, 6.45) is 5.47. The van der Waals surface area contributed by atoms with Crippen molar-refractivity contribution in [3.05, 3.63) is 50.7 Å². The van der Waals surface area contributed by atoms with Crippen molar-refractivity contribution in [1.29, 1.82) is 0 Å². The average molecular weight is 427 g/mol. The number of fused-ring (bicyclic) bond motifs is 1. The highest BCUT2D eigenvalue weighted by Gasteiger charge is 2.17. The van der Waals surface area contributed by atoms with Crippen LogP contribution in [0.15, 0.2) is 39.0 Å². The number of methoxy groups -OCH3 is 1. The molecular weight excluding hydrogens is 396 g/mol. The molecule has 3 aromatic rings. The Morgan fingerprint density at radius 2 is 1.87 bits per heavy atom. The Kier molecular flexibility index (Phi) is 7.28. The first-order valence-corrected chi connectivity index (χ1v) is 10.6. The van der Waals surface area contributed by atoms with Crippen molar-refractivity contribution < 1.29 is 4.74 Å². The van der Waals surface area contributed by atoms with Gasteiger partial charge in [-0.1, -0.05) is 32.6 Å². The van der Waals surface area contributed by atoms with Gasteiger partial charge in [0.15, 0.2) is 11.2 Å². The normalized spacial score (nSPS) is 11.8. The Morgan fingerprint density at radius 1 is 1.16 bits per heavy atom. The van der Waals surface area contributed by atoms with E-state index in [1.165, 1.54) is 17.4 Å². The summed E-state index contributed by atoms with van der Waals surface area (Å²) in [7, 11) is 3.22. The lowest BCUT2D eigenvalue weighted by Crippen LogP contribution is -2.29. The van der Waals surface area contributed by atoms with Crippen LogP contribution in [0.3, 0.4) is 0 Å². The van der Waals surface area contributed by atoms with Crippen molar-refractivity contribution in [1.82, 2.24) is 19.1 Å². The highest BCUT2D eigenvalue weighted by Crippen LogP contribution is 2.18. The van der Waals surface area contributed by atoms with Gasteiger partial charge in [-0.05, 0) is 43.2 Å². The zero-order valence-corrected chi connectivity index (χ0v) is 18.6. The van der Waals surface area contributed by atoms with Crippen LogP contribution in [0.4, 0.5) is 5.95 Å². The number of aromatic amines is 1. The van der Waals surface area contributed by atoms with Crippen molar-refractivity contribution >= 4 is 22.8 Å². The number of hydrogen-bond acceptors (Lipinski definition) is 6. The zero-order valence-electron chi connectivity index (χ0n) is 18.6. The molecule has 0 bridgehead atoms. The fraction of sp³-hybridized carbons (Fsp3) is 0.455. The highest BCUT2D eigenvalue weighted by molar-refractivity contribution is 5.99. The maximum atomic E-state index is 12.5. The van der Waals surface area contributed by atoms with Gasteiger partial charge < -0.3 is 9.30 Å². The maximum absolute atomic E-state index is 12.5. The Labute approximate surface area is 180 Å². The van der Waals surface area contributed by atoms with Gasteiger partial charge in [0.05, 0.1) is 12.8 Å². The number of nitrogens with zero attached hydrogens (tertiary/aromatic N) is 4. The van der Waals surface area contributed by atoms with Gasteiger partial charge in [0.1, 0.15) is 5.75 Å². The second-order valence-corrected chi connectivity index (χ2v) is 7.53. The minimum absolute atomic E-state index is 0.335. The monoisotopic (exact) mass is 426 g/mol. The van der Waals surface area contributed by atoms with Gasteiger partial charge in [0.2, 0.25) is 5.95 Å². The van der Waals surface area contributed by atoms with E-state index in [-0.39, 0.29) is 0 Å². The first-order chi connectivity index (χ1) is 15.0. The molecule has 2 N–H and O–H groups in total. The van der Waals surface area contributed by atoms with Gasteiger partial charge in [0.25, 0.3) is 5.56 Å². The lowest BCUT2D eigenvalue weighted by atomic mass is 10.1. The molecule has 0 spiro atoms. The summed E-state index contributed by atoms with van der Waals surface area (Å²) in [5.41, 5.74) is 4.46. The number of benzene rings is 1. The quantitative estimate of drug-likeness (QED) is 0.294. The van der Waals surface area contributed by atoms with E-state index in [2.05, 4.69) is 27.4 Å². The molecule has 166 valence electrons. The number of anilines is 1. The van der Waals surface area contributed by atoms with E-state index in [1.54, 1.807) is 14.2 Å². The molecule has 0 aliphatic heterocycles. The van der Waals surface area contributed by atoms with Crippen LogP contribution in [-0.4, -0.2) is 31.9 Å². The summed E-state index contributed by atoms with van der Waals surface area (Å²) in [6, 6.07) is 7.58. The summed E-state index contributed by atoms with van der Waals surface area (Å²) in [5, 5.41) is 4.46. The standard InChI is InChI=1S/C22H30N6O3/c1-5-6-7-8-9-14-28-18-19(27(3)22(30)24-20(18)29)23-21(28)26-25-15(2)16-10-12-17(31-4)13-11-16/h10-13H,5-9,14H2,1-4H3,(H,23,26)(H,24,29,30). The average Bonchev–Trinajstić information content (AvgIpc) is 3.15. The summed E-state index contributed by atoms with van der Waals surface area (Å²) in [5.74, 6) is 1.21. The van der Waals surface area contributed by atoms with Crippen molar-refractivity contribution in [2.45, 2.75) is 52.5 Å². The number of rotatable bonds is 10. The van der Waals surface area contributed by atoms with Gasteiger partial charge in [-0.15, -0.1) is 0 Å². The van der Waals surface area contributed by atoms with Gasteiger partial charge in [0, 0.05) is 13.6 Å². The van der Waals surface area contributed by atoms with Gasteiger partial charge in [-0.2, -0.15) is 10.1 Å². The topological polar surface area (TPSA) is 106 Å². The van der Waals surface area contributed by atoms with E-state index < -0.39 is 11.2 Å². The van der Waals surface area contributed by atoms with Crippen molar-refractivity contribution in [3.8, 4) is 5.75 Å². The number of ether oxygens (including phenoxy) is 1. The molecule has 0 amide bonds. The van der Waals surface area contributed by atoms with Crippen molar-refractivity contribution in [2.75, 3.05) is 12.5 Å². The third-order valence-corrected chi connectivity index (χ3v) is 5.32. The second-order valence-electron chi connectivity index (χ2n) is 7.53. The fourth-order valence-corrected chi connectivity index (χ4v) is 3.44. The van der Waals surface area contributed by atoms with Crippen LogP contribution in [0.5, 0.6) is 5.75 Å². The molecule has 31 heavy (non-hydrogen) atoms. The largest absolute Gasteiger partial charge is 0.497 e. The van der Waals surface area contributed by atoms with E-state index in [0.717, 1.165) is 36.3 Å². The molecule has 2 aromatic heterocycles. The summed E-state index contributed by atoms with van der Waals surface area (Å²) in [4.78, 5) is 31.4. The molecule has 0 unspecified atom stereocenters. The minimum atomic E-state index is -0.491. The predicted molar refractivity (Wildman–Crippen MR) is 123 cm³/mol. The molecule has 1 aromatic carbocycles. The van der Waals surface area contributed by atoms with Crippen LogP contribution in [0.2, 0.25) is 0 Å². The smallest absolute Gasteiger partial charge is 0.329 e. The maximum Gasteiger partial charge on any atom is 0.329 e. The van der Waals surface area contributed by atoms with Gasteiger partial charge in [-0.25, -0.2) is 10.2 Å². The van der Waals surface area contributed by atoms with Crippen LogP contribution in [-0.2, 0) is 13.6 Å². The molecule has 3 rings (SSSR count). The number of imidazole rings is 1. The number of nitrogens with one attached hydrogen (secondary N) is 2. The Balaban J connectivity index is 1.92. The van der Waals surface area contributed by atoms with E-state index >= 15 is 0 Å². The molecule has 0 saturated carbocycles. The molecule has 9 heteroatoms. The molecule has 2 heterocycles. The lowest BCUT2D eigenvalue weighted by Gasteiger charge is -2.09. The van der Waals surface area contributed by atoms with Crippen LogP contribution >= 0.6 is 0 Å². The SMILES string of the molecule is CCCCCCCn1c(NN=C(C)c2ccc(OC)cc2)nc2c1c(=O)[nH]c(=O)n2C. The number of aromatic nitrogens is 4. The van der Waals surface area contributed by atoms with Gasteiger partial charge >= 0.3 is 5.69 Å². The molecule has 0 atom stereocenters. The minimum Gasteiger partial charge on any atom is -0.497 e. The van der Waals surface area contributed by atoms with Crippen LogP contribution < -0.4 is 21.4 Å². The molecule has 0 aliphatic carbocycles. The zero-order chi connectivity index (χ0) is 22.4. The van der Waals surface area contributed by atoms with E-state index in [9.17, 15) is 9.59 Å². The van der Waals surface area contributed by atoms with Crippen LogP contribution in [0, 0.1) is 0 Å². The van der Waals surface area contributed by atoms with Crippen LogP contribution in [0.1, 0.15) is 51.5 Å². The van der Waals surface area contributed by atoms with E-state index in [0.29, 0.717) is 23.7 Å². The first kappa shape index (κ1) is 22.3. The van der Waals surface area contributed by atoms with Crippen molar-refractivity contribution in [2.24, 2.45) is 12.1 Å². The third-order valence-electron chi connectivity index (χ3n) is 5.32. The van der Waals surface area contributed by atoms with E-state index in [4.69, 9.17) is 4.74 Å². The van der Waals surface area contributed by atoms with Crippen LogP contribution in [0.25, 0.3) is 11.2 Å². The molecule has 0 saturated heterocycles. The second kappa shape index (κ2) is 10.1. The molecule has 9 nitrogen and oxygen atoms in total. The molecule has 0 fully saturated rings. The first-order valence-electron chi connectivity index (χ1n) is 10.6. The Bertz CT molecular complexity index is 1170. The number of unbranched alkanes of at least 4 members (excludes halogenated alkanes) is 4. The Hall–Kier alpha value is -3.36.